The van der Waals surface area contributed by atoms with Gasteiger partial charge in [0.2, 0.25) is 5.95 Å². The molecule has 4 heterocycles. The number of benzene rings is 1. The summed E-state index contributed by atoms with van der Waals surface area (Å²) in [7, 11) is 0. The average Bonchev–Trinajstić information content (AvgIpc) is 3.14. The molecule has 7 nitrogen and oxygen atoms in total. The first-order valence-corrected chi connectivity index (χ1v) is 10.3. The Bertz CT molecular complexity index is 1210. The van der Waals surface area contributed by atoms with Crippen LogP contribution in [-0.4, -0.2) is 40.5 Å². The van der Waals surface area contributed by atoms with Crippen LogP contribution in [0, 0.1) is 17.8 Å². The van der Waals surface area contributed by atoms with Crippen LogP contribution in [0.5, 0.6) is 0 Å². The molecule has 4 aromatic rings. The van der Waals surface area contributed by atoms with Crippen LogP contribution in [-0.2, 0) is 0 Å². The van der Waals surface area contributed by atoms with Crippen LogP contribution < -0.4 is 10.2 Å². The van der Waals surface area contributed by atoms with E-state index in [1.165, 1.54) is 0 Å². The van der Waals surface area contributed by atoms with Gasteiger partial charge in [-0.3, -0.25) is 9.78 Å². The Morgan fingerprint density at radius 3 is 2.87 bits per heavy atom. The van der Waals surface area contributed by atoms with E-state index in [9.17, 15) is 4.79 Å². The lowest BCUT2D eigenvalue weighted by molar-refractivity contribution is 0.0926. The first-order chi connectivity index (χ1) is 14.8. The molecule has 1 aliphatic carbocycles. The van der Waals surface area contributed by atoms with E-state index < -0.39 is 0 Å². The fourth-order valence-corrected chi connectivity index (χ4v) is 4.79. The number of carbonyl (C=O) groups excluding carboxylic acids is 1. The molecular formula is C23H21N5O2. The lowest BCUT2D eigenvalue weighted by Crippen LogP contribution is -2.28. The summed E-state index contributed by atoms with van der Waals surface area (Å²) in [5.41, 5.74) is 1.62. The Hall–Kier alpha value is -3.48. The highest BCUT2D eigenvalue weighted by Gasteiger charge is 2.55. The van der Waals surface area contributed by atoms with E-state index in [0.717, 1.165) is 41.7 Å². The third-order valence-corrected chi connectivity index (χ3v) is 6.44. The summed E-state index contributed by atoms with van der Waals surface area (Å²) in [4.78, 5) is 27.9. The molecule has 1 aromatic carbocycles. The number of carbonyl (C=O) groups is 1. The SMILES string of the molecule is O=C(NCCC1C2CN(c3ncc4ccccc4n3)CC12)c1cc2ccncc2o1. The summed E-state index contributed by atoms with van der Waals surface area (Å²) < 4.78 is 5.58. The average molecular weight is 399 g/mol. The summed E-state index contributed by atoms with van der Waals surface area (Å²) in [5.74, 6) is 3.02. The zero-order chi connectivity index (χ0) is 20.1. The van der Waals surface area contributed by atoms with Crippen LogP contribution in [0.15, 0.2) is 59.4 Å². The third kappa shape index (κ3) is 2.98. The molecule has 2 aliphatic rings. The van der Waals surface area contributed by atoms with Crippen LogP contribution in [0.4, 0.5) is 5.95 Å². The maximum atomic E-state index is 12.4. The predicted octanol–water partition coefficient (Wildman–Crippen LogP) is 3.27. The van der Waals surface area contributed by atoms with Crippen molar-refractivity contribution >= 4 is 33.7 Å². The lowest BCUT2D eigenvalue weighted by atomic mass is 10.2. The number of pyridine rings is 1. The van der Waals surface area contributed by atoms with E-state index in [2.05, 4.69) is 20.2 Å². The molecule has 3 aromatic heterocycles. The maximum absolute atomic E-state index is 12.4. The minimum absolute atomic E-state index is 0.164. The number of nitrogens with zero attached hydrogens (tertiary/aromatic N) is 4. The van der Waals surface area contributed by atoms with Crippen molar-refractivity contribution in [1.29, 1.82) is 0 Å². The van der Waals surface area contributed by atoms with Crippen LogP contribution in [0.2, 0.25) is 0 Å². The first kappa shape index (κ1) is 17.4. The molecule has 0 spiro atoms. The van der Waals surface area contributed by atoms with E-state index in [1.54, 1.807) is 18.5 Å². The van der Waals surface area contributed by atoms with E-state index in [4.69, 9.17) is 9.40 Å². The van der Waals surface area contributed by atoms with Gasteiger partial charge in [-0.15, -0.1) is 0 Å². The van der Waals surface area contributed by atoms with Gasteiger partial charge in [0, 0.05) is 42.8 Å². The Balaban J connectivity index is 1.02. The molecule has 2 atom stereocenters. The fraction of sp³-hybridized carbons (Fsp3) is 0.304. The van der Waals surface area contributed by atoms with Gasteiger partial charge < -0.3 is 14.6 Å². The Morgan fingerprint density at radius 2 is 2.00 bits per heavy atom. The molecule has 1 amide bonds. The van der Waals surface area contributed by atoms with Crippen LogP contribution in [0.25, 0.3) is 21.9 Å². The number of aromatic nitrogens is 3. The quantitative estimate of drug-likeness (QED) is 0.554. The number of hydrogen-bond acceptors (Lipinski definition) is 6. The summed E-state index contributed by atoms with van der Waals surface area (Å²) in [6.07, 6.45) is 6.22. The van der Waals surface area contributed by atoms with Gasteiger partial charge in [0.15, 0.2) is 11.3 Å². The molecule has 150 valence electrons. The van der Waals surface area contributed by atoms with E-state index in [1.807, 2.05) is 36.5 Å². The number of fused-ring (bicyclic) bond motifs is 3. The normalized spacial score (nSPS) is 22.4. The fourth-order valence-electron chi connectivity index (χ4n) is 4.79. The number of para-hydroxylation sites is 1. The zero-order valence-corrected chi connectivity index (χ0v) is 16.4. The van der Waals surface area contributed by atoms with Gasteiger partial charge in [-0.2, -0.15) is 0 Å². The number of rotatable bonds is 5. The van der Waals surface area contributed by atoms with Crippen LogP contribution in [0.3, 0.4) is 0 Å². The molecular weight excluding hydrogens is 378 g/mol. The van der Waals surface area contributed by atoms with Crippen molar-refractivity contribution < 1.29 is 9.21 Å². The van der Waals surface area contributed by atoms with Crippen LogP contribution in [0.1, 0.15) is 17.0 Å². The third-order valence-electron chi connectivity index (χ3n) is 6.44. The van der Waals surface area contributed by atoms with E-state index in [0.29, 0.717) is 35.6 Å². The number of anilines is 1. The van der Waals surface area contributed by atoms with E-state index >= 15 is 0 Å². The van der Waals surface area contributed by atoms with Gasteiger partial charge in [-0.05, 0) is 42.4 Å². The minimum atomic E-state index is -0.164. The van der Waals surface area contributed by atoms with Crippen molar-refractivity contribution in [2.24, 2.45) is 17.8 Å². The highest BCUT2D eigenvalue weighted by Crippen LogP contribution is 2.53. The largest absolute Gasteiger partial charge is 0.449 e. The Morgan fingerprint density at radius 1 is 1.13 bits per heavy atom. The Kier molecular flexibility index (Phi) is 3.94. The van der Waals surface area contributed by atoms with Gasteiger partial charge >= 0.3 is 0 Å². The van der Waals surface area contributed by atoms with Gasteiger partial charge in [-0.1, -0.05) is 18.2 Å². The highest BCUT2D eigenvalue weighted by atomic mass is 16.3. The molecule has 1 N–H and O–H groups in total. The number of piperidine rings is 1. The highest BCUT2D eigenvalue weighted by molar-refractivity contribution is 5.95. The minimum Gasteiger partial charge on any atom is -0.449 e. The monoisotopic (exact) mass is 399 g/mol. The summed E-state index contributed by atoms with van der Waals surface area (Å²) in [6, 6.07) is 11.7. The lowest BCUT2D eigenvalue weighted by Gasteiger charge is -2.20. The Labute approximate surface area is 173 Å². The van der Waals surface area contributed by atoms with Crippen molar-refractivity contribution in [1.82, 2.24) is 20.3 Å². The molecule has 2 fully saturated rings. The molecule has 30 heavy (non-hydrogen) atoms. The summed E-state index contributed by atoms with van der Waals surface area (Å²) >= 11 is 0. The standard InChI is InChI=1S/C23H21N5O2/c29-22(20-9-14-5-7-24-11-21(14)30-20)25-8-6-16-17-12-28(13-18(16)17)23-26-10-15-3-1-2-4-19(15)27-23/h1-5,7,9-11,16-18H,6,8,12-13H2,(H,25,29). The van der Waals surface area contributed by atoms with Gasteiger partial charge in [0.1, 0.15) is 0 Å². The van der Waals surface area contributed by atoms with Crippen molar-refractivity contribution in [2.45, 2.75) is 6.42 Å². The van der Waals surface area contributed by atoms with Gasteiger partial charge in [0.05, 0.1) is 11.7 Å². The second-order valence-corrected chi connectivity index (χ2v) is 8.19. The number of furan rings is 1. The predicted molar refractivity (Wildman–Crippen MR) is 113 cm³/mol. The van der Waals surface area contributed by atoms with Crippen molar-refractivity contribution in [3.8, 4) is 0 Å². The smallest absolute Gasteiger partial charge is 0.287 e. The van der Waals surface area contributed by atoms with Crippen molar-refractivity contribution in [3.63, 3.8) is 0 Å². The molecule has 1 saturated carbocycles. The number of amides is 1. The molecule has 7 heteroatoms. The zero-order valence-electron chi connectivity index (χ0n) is 16.4. The topological polar surface area (TPSA) is 84.2 Å². The van der Waals surface area contributed by atoms with Crippen molar-refractivity contribution in [2.75, 3.05) is 24.5 Å². The first-order valence-electron chi connectivity index (χ1n) is 10.3. The summed E-state index contributed by atoms with van der Waals surface area (Å²) in [5, 5.41) is 4.95. The second kappa shape index (κ2) is 6.79. The van der Waals surface area contributed by atoms with Gasteiger partial charge in [0.25, 0.3) is 5.91 Å². The maximum Gasteiger partial charge on any atom is 0.287 e. The number of nitrogens with one attached hydrogen (secondary N) is 1. The molecule has 0 radical (unpaired) electrons. The van der Waals surface area contributed by atoms with Gasteiger partial charge in [-0.25, -0.2) is 9.97 Å². The molecule has 1 aliphatic heterocycles. The molecule has 2 unspecified atom stereocenters. The van der Waals surface area contributed by atoms with Crippen molar-refractivity contribution in [3.05, 3.63) is 60.7 Å². The number of hydrogen-bond donors (Lipinski definition) is 1. The molecule has 6 rings (SSSR count). The molecule has 1 saturated heterocycles. The van der Waals surface area contributed by atoms with E-state index in [-0.39, 0.29) is 5.91 Å². The molecule has 0 bridgehead atoms. The second-order valence-electron chi connectivity index (χ2n) is 8.19. The van der Waals surface area contributed by atoms with Crippen LogP contribution >= 0.6 is 0 Å². The summed E-state index contributed by atoms with van der Waals surface area (Å²) in [6.45, 7) is 2.66.